The van der Waals surface area contributed by atoms with E-state index in [0.717, 1.165) is 32.4 Å². The molecule has 1 aliphatic rings. The van der Waals surface area contributed by atoms with E-state index in [1.54, 1.807) is 7.11 Å². The monoisotopic (exact) mass is 444 g/mol. The number of amides is 1. The summed E-state index contributed by atoms with van der Waals surface area (Å²) in [7, 11) is 1.64. The third-order valence-electron chi connectivity index (χ3n) is 4.80. The molecule has 0 bridgehead atoms. The van der Waals surface area contributed by atoms with Crippen LogP contribution in [-0.2, 0) is 11.3 Å². The van der Waals surface area contributed by atoms with Crippen molar-refractivity contribution in [2.75, 3.05) is 20.3 Å². The third-order valence-corrected chi connectivity index (χ3v) is 5.48. The van der Waals surface area contributed by atoms with Crippen LogP contribution in [0.5, 0.6) is 17.2 Å². The zero-order valence-electron chi connectivity index (χ0n) is 15.7. The topological polar surface area (TPSA) is 61.7 Å². The molecular weight excluding hydrogens is 424 g/mol. The van der Waals surface area contributed by atoms with Gasteiger partial charge in [0.1, 0.15) is 25.5 Å². The Morgan fingerprint density at radius 2 is 1.96 bits per heavy atom. The number of nitrogens with one attached hydrogen (secondary N) is 1. The molecule has 6 nitrogen and oxygen atoms in total. The number of aromatic nitrogens is 1. The number of fused-ring (bicyclic) bond motifs is 2. The molecule has 3 aromatic rings. The molecule has 1 N–H and O–H groups in total. The molecule has 0 radical (unpaired) electrons. The van der Waals surface area contributed by atoms with Crippen molar-refractivity contribution in [3.63, 3.8) is 0 Å². The van der Waals surface area contributed by atoms with Gasteiger partial charge in [0.2, 0.25) is 5.91 Å². The van der Waals surface area contributed by atoms with Crippen molar-refractivity contribution in [2.24, 2.45) is 0 Å². The fraction of sp³-hybridized carbons (Fsp3) is 0.286. The molecule has 1 atom stereocenters. The number of nitrogens with zero attached hydrogens (tertiary/aromatic N) is 1. The first-order valence-electron chi connectivity index (χ1n) is 9.06. The average molecular weight is 445 g/mol. The van der Waals surface area contributed by atoms with Crippen LogP contribution >= 0.6 is 15.9 Å². The van der Waals surface area contributed by atoms with Crippen LogP contribution < -0.4 is 19.5 Å². The molecule has 1 aliphatic heterocycles. The minimum atomic E-state index is -0.181. The third kappa shape index (κ3) is 3.67. The molecule has 0 fully saturated rings. The molecule has 1 amide bonds. The lowest BCUT2D eigenvalue weighted by molar-refractivity contribution is -0.122. The van der Waals surface area contributed by atoms with Crippen LogP contribution in [0.3, 0.4) is 0 Å². The maximum Gasteiger partial charge on any atom is 0.240 e. The summed E-state index contributed by atoms with van der Waals surface area (Å²) in [6.45, 7) is 3.26. The van der Waals surface area contributed by atoms with Crippen LogP contribution in [0, 0.1) is 0 Å². The Morgan fingerprint density at radius 3 is 2.71 bits per heavy atom. The smallest absolute Gasteiger partial charge is 0.240 e. The van der Waals surface area contributed by atoms with E-state index in [9.17, 15) is 4.79 Å². The summed E-state index contributed by atoms with van der Waals surface area (Å²) >= 11 is 3.57. The van der Waals surface area contributed by atoms with Crippen LogP contribution in [-0.4, -0.2) is 30.8 Å². The van der Waals surface area contributed by atoms with Crippen molar-refractivity contribution < 1.29 is 19.0 Å². The highest BCUT2D eigenvalue weighted by Crippen LogP contribution is 2.37. The van der Waals surface area contributed by atoms with Gasteiger partial charge in [-0.2, -0.15) is 0 Å². The zero-order valence-corrected chi connectivity index (χ0v) is 17.3. The highest BCUT2D eigenvalue weighted by molar-refractivity contribution is 9.10. The van der Waals surface area contributed by atoms with Crippen molar-refractivity contribution in [3.05, 3.63) is 52.6 Å². The minimum absolute atomic E-state index is 0.0670. The average Bonchev–Trinajstić information content (AvgIpc) is 3.09. The molecule has 1 unspecified atom stereocenters. The Morgan fingerprint density at radius 1 is 1.21 bits per heavy atom. The molecule has 28 heavy (non-hydrogen) atoms. The largest absolute Gasteiger partial charge is 0.497 e. The zero-order chi connectivity index (χ0) is 19.7. The normalized spacial score (nSPS) is 14.0. The van der Waals surface area contributed by atoms with Crippen molar-refractivity contribution >= 4 is 32.7 Å². The second-order valence-electron chi connectivity index (χ2n) is 6.67. The van der Waals surface area contributed by atoms with E-state index in [-0.39, 0.29) is 18.5 Å². The summed E-state index contributed by atoms with van der Waals surface area (Å²) < 4.78 is 19.3. The van der Waals surface area contributed by atoms with E-state index in [1.807, 2.05) is 54.1 Å². The van der Waals surface area contributed by atoms with Crippen LogP contribution in [0.25, 0.3) is 10.9 Å². The second kappa shape index (κ2) is 7.75. The van der Waals surface area contributed by atoms with Crippen molar-refractivity contribution in [1.82, 2.24) is 9.88 Å². The van der Waals surface area contributed by atoms with E-state index in [2.05, 4.69) is 21.2 Å². The Labute approximate surface area is 171 Å². The van der Waals surface area contributed by atoms with Gasteiger partial charge >= 0.3 is 0 Å². The van der Waals surface area contributed by atoms with E-state index in [0.29, 0.717) is 19.0 Å². The molecule has 0 saturated heterocycles. The Hall–Kier alpha value is -2.67. The number of carbonyl (C=O) groups is 1. The summed E-state index contributed by atoms with van der Waals surface area (Å²) in [4.78, 5) is 12.6. The molecule has 2 heterocycles. The SMILES string of the molecule is COc1ccc2c(ccn2CC(=O)NC(C)c2cc3c(cc2Br)OCCO3)c1. The summed E-state index contributed by atoms with van der Waals surface area (Å²) in [6, 6.07) is 11.4. The lowest BCUT2D eigenvalue weighted by atomic mass is 10.1. The van der Waals surface area contributed by atoms with Crippen molar-refractivity contribution in [2.45, 2.75) is 19.5 Å². The van der Waals surface area contributed by atoms with Crippen LogP contribution in [0.4, 0.5) is 0 Å². The number of rotatable bonds is 5. The molecule has 1 aromatic heterocycles. The lowest BCUT2D eigenvalue weighted by Crippen LogP contribution is -2.30. The summed E-state index contributed by atoms with van der Waals surface area (Å²) in [5.74, 6) is 2.15. The Bertz CT molecular complexity index is 1030. The molecule has 4 rings (SSSR count). The van der Waals surface area contributed by atoms with E-state index in [4.69, 9.17) is 14.2 Å². The standard InChI is InChI=1S/C21H21BrN2O4/c1-13(16-10-19-20(11-17(16)22)28-8-7-27-19)23-21(25)12-24-6-5-14-9-15(26-2)3-4-18(14)24/h3-6,9-11,13H,7-8,12H2,1-2H3,(H,23,25). The van der Waals surface area contributed by atoms with Crippen LogP contribution in [0.2, 0.25) is 0 Å². The van der Waals surface area contributed by atoms with E-state index >= 15 is 0 Å². The first-order chi connectivity index (χ1) is 13.5. The maximum atomic E-state index is 12.6. The molecule has 7 heteroatoms. The van der Waals surface area contributed by atoms with Crippen LogP contribution in [0.15, 0.2) is 47.1 Å². The number of ether oxygens (including phenoxy) is 3. The van der Waals surface area contributed by atoms with Crippen molar-refractivity contribution in [1.29, 1.82) is 0 Å². The quantitative estimate of drug-likeness (QED) is 0.644. The summed E-state index contributed by atoms with van der Waals surface area (Å²) in [5.41, 5.74) is 1.93. The number of halogens is 1. The first kappa shape index (κ1) is 18.7. The minimum Gasteiger partial charge on any atom is -0.497 e. The molecule has 2 aromatic carbocycles. The Balaban J connectivity index is 1.48. The van der Waals surface area contributed by atoms with Crippen LogP contribution in [0.1, 0.15) is 18.5 Å². The predicted molar refractivity (Wildman–Crippen MR) is 110 cm³/mol. The van der Waals surface area contributed by atoms with Gasteiger partial charge in [0.05, 0.1) is 13.2 Å². The number of benzene rings is 2. The molecule has 146 valence electrons. The predicted octanol–water partition coefficient (Wildman–Crippen LogP) is 4.06. The summed E-state index contributed by atoms with van der Waals surface area (Å²) in [6.07, 6.45) is 1.91. The molecular formula is C21H21BrN2O4. The van der Waals surface area contributed by atoms with Gasteiger partial charge in [-0.25, -0.2) is 0 Å². The van der Waals surface area contributed by atoms with E-state index < -0.39 is 0 Å². The highest BCUT2D eigenvalue weighted by Gasteiger charge is 2.19. The van der Waals surface area contributed by atoms with Gasteiger partial charge in [-0.1, -0.05) is 15.9 Å². The van der Waals surface area contributed by atoms with Gasteiger partial charge in [-0.15, -0.1) is 0 Å². The van der Waals surface area contributed by atoms with Gasteiger partial charge < -0.3 is 24.1 Å². The number of hydrogen-bond acceptors (Lipinski definition) is 4. The lowest BCUT2D eigenvalue weighted by Gasteiger charge is -2.22. The second-order valence-corrected chi connectivity index (χ2v) is 7.53. The molecule has 0 saturated carbocycles. The van der Waals surface area contributed by atoms with Gasteiger partial charge in [0.15, 0.2) is 11.5 Å². The van der Waals surface area contributed by atoms with E-state index in [1.165, 1.54) is 0 Å². The first-order valence-corrected chi connectivity index (χ1v) is 9.86. The number of hydrogen-bond donors (Lipinski definition) is 1. The van der Waals surface area contributed by atoms with Crippen molar-refractivity contribution in [3.8, 4) is 17.2 Å². The summed E-state index contributed by atoms with van der Waals surface area (Å²) in [5, 5.41) is 4.10. The van der Waals surface area contributed by atoms with Gasteiger partial charge in [-0.05, 0) is 48.9 Å². The maximum absolute atomic E-state index is 12.6. The number of carbonyl (C=O) groups excluding carboxylic acids is 1. The van der Waals surface area contributed by atoms with Gasteiger partial charge in [-0.3, -0.25) is 4.79 Å². The fourth-order valence-corrected chi connectivity index (χ4v) is 4.04. The highest BCUT2D eigenvalue weighted by atomic mass is 79.9. The molecule has 0 spiro atoms. The van der Waals surface area contributed by atoms with Gasteiger partial charge in [0, 0.05) is 21.6 Å². The van der Waals surface area contributed by atoms with Gasteiger partial charge in [0.25, 0.3) is 0 Å². The number of methoxy groups -OCH3 is 1. The Kier molecular flexibility index (Phi) is 5.17. The fourth-order valence-electron chi connectivity index (χ4n) is 3.37. The molecule has 0 aliphatic carbocycles.